The third-order valence-corrected chi connectivity index (χ3v) is 10.9. The number of nitriles is 1. The summed E-state index contributed by atoms with van der Waals surface area (Å²) in [5, 5.41) is 28.9. The zero-order valence-electron chi connectivity index (χ0n) is 26.5. The van der Waals surface area contributed by atoms with Crippen LogP contribution in [0.4, 0.5) is 0 Å². The minimum atomic E-state index is -1.96. The molecule has 1 aliphatic carbocycles. The molecule has 0 bridgehead atoms. The van der Waals surface area contributed by atoms with Crippen LogP contribution in [0, 0.1) is 22.7 Å². The lowest BCUT2D eigenvalue weighted by Crippen LogP contribution is -2.59. The van der Waals surface area contributed by atoms with Gasteiger partial charge in [-0.3, -0.25) is 9.59 Å². The Balaban J connectivity index is 1.57. The van der Waals surface area contributed by atoms with Gasteiger partial charge in [0, 0.05) is 17.4 Å². The molecule has 6 aromatic carbocycles. The molecule has 0 saturated heterocycles. The fraction of sp³-hybridized carbons (Fsp3) is 0.167. The number of hydrogen-bond donors (Lipinski definition) is 1. The smallest absolute Gasteiger partial charge is 0.327 e. The maximum absolute atomic E-state index is 15.3. The molecule has 1 saturated carbocycles. The quantitative estimate of drug-likeness (QED) is 0.140. The van der Waals surface area contributed by atoms with Gasteiger partial charge in [-0.1, -0.05) is 132 Å². The van der Waals surface area contributed by atoms with Crippen LogP contribution in [-0.4, -0.2) is 24.0 Å². The molecule has 7 heteroatoms. The van der Waals surface area contributed by atoms with Gasteiger partial charge in [0.15, 0.2) is 11.2 Å². The largest absolute Gasteiger partial charge is 0.468 e. The first-order chi connectivity index (χ1) is 23.7. The maximum Gasteiger partial charge on any atom is 0.327 e. The Labute approximate surface area is 294 Å². The van der Waals surface area contributed by atoms with Crippen LogP contribution in [0.15, 0.2) is 133 Å². The highest BCUT2D eigenvalue weighted by Crippen LogP contribution is 2.64. The van der Waals surface area contributed by atoms with E-state index in [9.17, 15) is 15.2 Å². The Kier molecular flexibility index (Phi) is 8.50. The van der Waals surface area contributed by atoms with Crippen LogP contribution in [0.25, 0.3) is 21.5 Å². The number of ether oxygens (including phenoxy) is 1. The zero-order chi connectivity index (χ0) is 34.3. The molecule has 1 N–H and O–H groups in total. The van der Waals surface area contributed by atoms with E-state index in [1.807, 2.05) is 78.9 Å². The summed E-state index contributed by atoms with van der Waals surface area (Å²) in [7, 11) is 1.24. The van der Waals surface area contributed by atoms with Gasteiger partial charge < -0.3 is 9.84 Å². The molecule has 5 atom stereocenters. The molecule has 1 fully saturated rings. The van der Waals surface area contributed by atoms with Gasteiger partial charge in [0.1, 0.15) is 5.60 Å². The van der Waals surface area contributed by atoms with Crippen LogP contribution in [-0.2, 0) is 15.1 Å². The Bertz CT molecular complexity index is 2280. The minimum absolute atomic E-state index is 0.167. The third-order valence-electron chi connectivity index (χ3n) is 10.2. The second-order valence-corrected chi connectivity index (χ2v) is 13.5. The monoisotopic (exact) mass is 683 g/mol. The summed E-state index contributed by atoms with van der Waals surface area (Å²) in [6.07, 6.45) is -0.167. The predicted octanol–water partition coefficient (Wildman–Crippen LogP) is 9.64. The van der Waals surface area contributed by atoms with Crippen LogP contribution < -0.4 is 0 Å². The van der Waals surface area contributed by atoms with Crippen molar-refractivity contribution >= 4 is 56.5 Å². The summed E-state index contributed by atoms with van der Waals surface area (Å²) in [6.45, 7) is 0. The van der Waals surface area contributed by atoms with Crippen molar-refractivity contribution in [2.75, 3.05) is 7.11 Å². The zero-order valence-corrected chi connectivity index (χ0v) is 28.0. The lowest BCUT2D eigenvalue weighted by atomic mass is 9.47. The van der Waals surface area contributed by atoms with E-state index >= 15 is 4.79 Å². The molecular formula is C42H31Cl2NO4. The van der Waals surface area contributed by atoms with Crippen molar-refractivity contribution in [2.45, 2.75) is 23.9 Å². The Hall–Kier alpha value is -4.99. The van der Waals surface area contributed by atoms with Gasteiger partial charge in [-0.15, -0.1) is 0 Å². The lowest BCUT2D eigenvalue weighted by molar-refractivity contribution is -0.162. The summed E-state index contributed by atoms with van der Waals surface area (Å²) in [6, 6.07) is 42.8. The first kappa shape index (κ1) is 32.6. The van der Waals surface area contributed by atoms with Crippen LogP contribution in [0.1, 0.15) is 45.3 Å². The Morgan fingerprint density at radius 1 is 0.735 bits per heavy atom. The highest BCUT2D eigenvalue weighted by molar-refractivity contribution is 6.42. The van der Waals surface area contributed by atoms with Crippen LogP contribution in [0.5, 0.6) is 0 Å². The normalized spacial score (nSPS) is 23.5. The fourth-order valence-corrected chi connectivity index (χ4v) is 8.16. The summed E-state index contributed by atoms with van der Waals surface area (Å²) in [4.78, 5) is 29.6. The molecule has 0 amide bonds. The molecule has 0 aromatic heterocycles. The lowest BCUT2D eigenvalue weighted by Gasteiger charge is -2.54. The average molecular weight is 685 g/mol. The summed E-state index contributed by atoms with van der Waals surface area (Å²) >= 11 is 12.9. The first-order valence-corrected chi connectivity index (χ1v) is 16.7. The number of ketones is 1. The van der Waals surface area contributed by atoms with E-state index in [4.69, 9.17) is 27.9 Å². The van der Waals surface area contributed by atoms with Gasteiger partial charge in [-0.2, -0.15) is 5.26 Å². The second-order valence-electron chi connectivity index (χ2n) is 12.7. The van der Waals surface area contributed by atoms with Crippen molar-refractivity contribution in [1.82, 2.24) is 0 Å². The molecule has 1 aliphatic rings. The number of fused-ring (bicyclic) bond motifs is 2. The van der Waals surface area contributed by atoms with Crippen molar-refractivity contribution in [2.24, 2.45) is 11.3 Å². The number of carbonyl (C=O) groups excluding carboxylic acids is 2. The Morgan fingerprint density at radius 3 is 1.98 bits per heavy atom. The topological polar surface area (TPSA) is 87.4 Å². The summed E-state index contributed by atoms with van der Waals surface area (Å²) in [5.41, 5.74) is -1.94. The number of aliphatic hydroxyl groups is 1. The molecule has 49 heavy (non-hydrogen) atoms. The molecular weight excluding hydrogens is 653 g/mol. The highest BCUT2D eigenvalue weighted by atomic mass is 35.5. The van der Waals surface area contributed by atoms with Crippen LogP contribution in [0.3, 0.4) is 0 Å². The SMILES string of the molecule is COC(=O)C1(C#N)C(c2ccc(Cl)c(Cl)c2)CC(O)(c2ccc3ccccc3c2)C(C(=O)c2ccc3ccccc3c2)C1c1ccccc1. The highest BCUT2D eigenvalue weighted by Gasteiger charge is 2.67. The third kappa shape index (κ3) is 5.37. The van der Waals surface area contributed by atoms with Gasteiger partial charge in [0.25, 0.3) is 0 Å². The van der Waals surface area contributed by atoms with E-state index in [-0.39, 0.29) is 11.4 Å². The van der Waals surface area contributed by atoms with Crippen molar-refractivity contribution in [3.8, 4) is 6.07 Å². The summed E-state index contributed by atoms with van der Waals surface area (Å²) < 4.78 is 5.45. The summed E-state index contributed by atoms with van der Waals surface area (Å²) in [5.74, 6) is -4.63. The van der Waals surface area contributed by atoms with E-state index in [1.165, 1.54) is 7.11 Å². The van der Waals surface area contributed by atoms with Gasteiger partial charge >= 0.3 is 5.97 Å². The number of nitrogens with zero attached hydrogens (tertiary/aromatic N) is 1. The molecule has 0 radical (unpaired) electrons. The van der Waals surface area contributed by atoms with E-state index in [0.717, 1.165) is 21.5 Å². The molecule has 0 aliphatic heterocycles. The molecule has 0 heterocycles. The Morgan fingerprint density at radius 2 is 1.35 bits per heavy atom. The predicted molar refractivity (Wildman–Crippen MR) is 193 cm³/mol. The second kappa shape index (κ2) is 12.8. The number of methoxy groups -OCH3 is 1. The number of Topliss-reactive ketones (excluding diaryl/α,β-unsaturated/α-hetero) is 1. The molecule has 0 spiro atoms. The fourth-order valence-electron chi connectivity index (χ4n) is 7.86. The van der Waals surface area contributed by atoms with E-state index in [1.54, 1.807) is 54.6 Å². The van der Waals surface area contributed by atoms with Crippen LogP contribution in [0.2, 0.25) is 10.0 Å². The number of esters is 1. The minimum Gasteiger partial charge on any atom is -0.468 e. The maximum atomic E-state index is 15.3. The van der Waals surface area contributed by atoms with Gasteiger partial charge in [0.05, 0.1) is 29.1 Å². The van der Waals surface area contributed by atoms with Crippen molar-refractivity contribution in [3.05, 3.63) is 166 Å². The van der Waals surface area contributed by atoms with E-state index < -0.39 is 40.5 Å². The molecule has 5 unspecified atom stereocenters. The van der Waals surface area contributed by atoms with Crippen molar-refractivity contribution in [1.29, 1.82) is 5.26 Å². The molecule has 5 nitrogen and oxygen atoms in total. The van der Waals surface area contributed by atoms with Gasteiger partial charge in [-0.05, 0) is 68.9 Å². The van der Waals surface area contributed by atoms with Crippen molar-refractivity contribution in [3.63, 3.8) is 0 Å². The molecule has 6 aromatic rings. The van der Waals surface area contributed by atoms with Crippen LogP contribution >= 0.6 is 23.2 Å². The first-order valence-electron chi connectivity index (χ1n) is 16.0. The number of rotatable bonds is 6. The molecule has 7 rings (SSSR count). The number of hydrogen-bond acceptors (Lipinski definition) is 5. The van der Waals surface area contributed by atoms with Gasteiger partial charge in [-0.25, -0.2) is 0 Å². The van der Waals surface area contributed by atoms with Crippen molar-refractivity contribution < 1.29 is 19.4 Å². The number of carbonyl (C=O) groups is 2. The molecule has 242 valence electrons. The van der Waals surface area contributed by atoms with Gasteiger partial charge in [0.2, 0.25) is 0 Å². The number of benzene rings is 6. The standard InChI is InChI=1S/C42H31Cl2NO4/c1-49-40(47)41(25-45)34(31-18-20-35(43)36(44)23-31)24-42(48,33-19-17-27-10-6-8-14-30(27)22-33)38(37(41)28-11-3-2-4-12-28)39(46)32-16-15-26-9-5-7-13-29(26)21-32/h2-23,34,37-38,48H,24H2,1H3. The van der Waals surface area contributed by atoms with E-state index in [2.05, 4.69) is 6.07 Å². The average Bonchev–Trinajstić information content (AvgIpc) is 3.14. The number of halogens is 2. The van der Waals surface area contributed by atoms with E-state index in [0.29, 0.717) is 27.3 Å².